The van der Waals surface area contributed by atoms with Gasteiger partial charge in [-0.25, -0.2) is 15.0 Å². The molecule has 0 radical (unpaired) electrons. The molecule has 0 aliphatic carbocycles. The summed E-state index contributed by atoms with van der Waals surface area (Å²) in [6, 6.07) is 0. The lowest BCUT2D eigenvalue weighted by Crippen LogP contribution is -2.14. The SMILES string of the molecule is Cc1nc(S(=O)(=O)Nc2cnc(Cl)cn2)cn1C. The van der Waals surface area contributed by atoms with Gasteiger partial charge in [0.15, 0.2) is 10.8 Å². The summed E-state index contributed by atoms with van der Waals surface area (Å²) in [5.74, 6) is 0.681. The van der Waals surface area contributed by atoms with Crippen LogP contribution in [0.3, 0.4) is 0 Å². The first kappa shape index (κ1) is 12.8. The van der Waals surface area contributed by atoms with Crippen LogP contribution in [0.4, 0.5) is 5.82 Å². The summed E-state index contributed by atoms with van der Waals surface area (Å²) in [5, 5.41) is 0.117. The zero-order valence-electron chi connectivity index (χ0n) is 9.62. The predicted octanol–water partition coefficient (Wildman–Crippen LogP) is 0.973. The number of hydrogen-bond donors (Lipinski definition) is 1. The zero-order valence-corrected chi connectivity index (χ0v) is 11.2. The van der Waals surface area contributed by atoms with E-state index in [0.717, 1.165) is 0 Å². The average Bonchev–Trinajstić information content (AvgIpc) is 2.63. The van der Waals surface area contributed by atoms with Gasteiger partial charge >= 0.3 is 0 Å². The number of halogens is 1. The molecule has 0 saturated carbocycles. The predicted molar refractivity (Wildman–Crippen MR) is 65.8 cm³/mol. The first-order valence-corrected chi connectivity index (χ1v) is 6.75. The van der Waals surface area contributed by atoms with Crippen LogP contribution in [-0.4, -0.2) is 27.9 Å². The molecule has 0 spiro atoms. The fourth-order valence-corrected chi connectivity index (χ4v) is 2.34. The minimum Gasteiger partial charge on any atom is -0.337 e. The maximum absolute atomic E-state index is 12.0. The highest BCUT2D eigenvalue weighted by molar-refractivity contribution is 7.92. The lowest BCUT2D eigenvalue weighted by molar-refractivity contribution is 0.597. The third-order valence-corrected chi connectivity index (χ3v) is 3.64. The van der Waals surface area contributed by atoms with Gasteiger partial charge < -0.3 is 4.57 Å². The molecule has 18 heavy (non-hydrogen) atoms. The molecule has 96 valence electrons. The topological polar surface area (TPSA) is 89.8 Å². The summed E-state index contributed by atoms with van der Waals surface area (Å²) in [5.41, 5.74) is 0. The molecule has 0 aliphatic heterocycles. The smallest absolute Gasteiger partial charge is 0.282 e. The molecule has 0 aliphatic rings. The van der Waals surface area contributed by atoms with Gasteiger partial charge in [-0.15, -0.1) is 0 Å². The Hall–Kier alpha value is -1.67. The largest absolute Gasteiger partial charge is 0.337 e. The molecule has 0 unspecified atom stereocenters. The van der Waals surface area contributed by atoms with Crippen molar-refractivity contribution in [1.82, 2.24) is 19.5 Å². The van der Waals surface area contributed by atoms with E-state index in [4.69, 9.17) is 11.6 Å². The van der Waals surface area contributed by atoms with Gasteiger partial charge in [0.2, 0.25) is 0 Å². The fourth-order valence-electron chi connectivity index (χ4n) is 1.21. The van der Waals surface area contributed by atoms with Crippen molar-refractivity contribution in [2.75, 3.05) is 4.72 Å². The number of aromatic nitrogens is 4. The molecule has 0 fully saturated rings. The second-order valence-corrected chi connectivity index (χ2v) is 5.58. The second-order valence-electron chi connectivity index (χ2n) is 3.57. The molecule has 0 atom stereocenters. The number of sulfonamides is 1. The van der Waals surface area contributed by atoms with Crippen molar-refractivity contribution in [2.24, 2.45) is 7.05 Å². The average molecular weight is 288 g/mol. The molecule has 0 bridgehead atoms. The van der Waals surface area contributed by atoms with Gasteiger partial charge in [0.1, 0.15) is 11.0 Å². The number of nitrogens with one attached hydrogen (secondary N) is 1. The number of aryl methyl sites for hydroxylation is 2. The van der Waals surface area contributed by atoms with Crippen molar-refractivity contribution < 1.29 is 8.42 Å². The summed E-state index contributed by atoms with van der Waals surface area (Å²) >= 11 is 5.56. The van der Waals surface area contributed by atoms with E-state index in [1.54, 1.807) is 18.5 Å². The number of rotatable bonds is 3. The first-order valence-electron chi connectivity index (χ1n) is 4.89. The van der Waals surface area contributed by atoms with E-state index in [0.29, 0.717) is 5.82 Å². The maximum Gasteiger partial charge on any atom is 0.282 e. The van der Waals surface area contributed by atoms with Crippen LogP contribution in [0.25, 0.3) is 0 Å². The van der Waals surface area contributed by atoms with Crippen LogP contribution in [0, 0.1) is 6.92 Å². The maximum atomic E-state index is 12.0. The Labute approximate surface area is 109 Å². The van der Waals surface area contributed by atoms with Gasteiger partial charge in [-0.1, -0.05) is 11.6 Å². The molecule has 9 heteroatoms. The second kappa shape index (κ2) is 4.54. The van der Waals surface area contributed by atoms with Crippen LogP contribution in [0.15, 0.2) is 23.6 Å². The Morgan fingerprint density at radius 3 is 2.56 bits per heavy atom. The minimum atomic E-state index is -3.76. The summed E-state index contributed by atoms with van der Waals surface area (Å²) in [4.78, 5) is 11.5. The van der Waals surface area contributed by atoms with Gasteiger partial charge in [-0.3, -0.25) is 4.72 Å². The lowest BCUT2D eigenvalue weighted by atomic mass is 10.7. The zero-order chi connectivity index (χ0) is 13.3. The van der Waals surface area contributed by atoms with Crippen molar-refractivity contribution in [3.05, 3.63) is 29.6 Å². The third kappa shape index (κ3) is 2.59. The van der Waals surface area contributed by atoms with Crippen molar-refractivity contribution in [3.63, 3.8) is 0 Å². The van der Waals surface area contributed by atoms with Crippen LogP contribution in [0.2, 0.25) is 5.15 Å². The van der Waals surface area contributed by atoms with Gasteiger partial charge in [0.25, 0.3) is 10.0 Å². The fraction of sp³-hybridized carbons (Fsp3) is 0.222. The Morgan fingerprint density at radius 1 is 1.33 bits per heavy atom. The third-order valence-electron chi connectivity index (χ3n) is 2.22. The van der Waals surface area contributed by atoms with Gasteiger partial charge in [-0.05, 0) is 6.92 Å². The summed E-state index contributed by atoms with van der Waals surface area (Å²) in [6.07, 6.45) is 3.90. The molecule has 2 aromatic rings. The van der Waals surface area contributed by atoms with E-state index < -0.39 is 10.0 Å². The molecule has 2 rings (SSSR count). The highest BCUT2D eigenvalue weighted by Crippen LogP contribution is 2.13. The molecular formula is C9H10ClN5O2S. The van der Waals surface area contributed by atoms with Crippen molar-refractivity contribution in [2.45, 2.75) is 11.9 Å². The number of hydrogen-bond acceptors (Lipinski definition) is 5. The molecule has 0 aromatic carbocycles. The number of imidazole rings is 1. The molecule has 2 heterocycles. The standard InChI is InChI=1S/C9H10ClN5O2S/c1-6-13-9(5-15(6)2)18(16,17)14-8-4-11-7(10)3-12-8/h3-5H,1-2H3,(H,12,14). The van der Waals surface area contributed by atoms with Crippen molar-refractivity contribution in [1.29, 1.82) is 0 Å². The van der Waals surface area contributed by atoms with E-state index in [1.165, 1.54) is 18.6 Å². The Balaban J connectivity index is 2.29. The lowest BCUT2D eigenvalue weighted by Gasteiger charge is -2.03. The molecule has 0 saturated heterocycles. The summed E-state index contributed by atoms with van der Waals surface area (Å²) < 4.78 is 27.8. The van der Waals surface area contributed by atoms with Crippen LogP contribution in [0.1, 0.15) is 5.82 Å². The van der Waals surface area contributed by atoms with Crippen LogP contribution in [-0.2, 0) is 17.1 Å². The molecule has 7 nitrogen and oxygen atoms in total. The monoisotopic (exact) mass is 287 g/mol. The van der Waals surface area contributed by atoms with Gasteiger partial charge in [-0.2, -0.15) is 8.42 Å². The minimum absolute atomic E-state index is 0.0701. The quantitative estimate of drug-likeness (QED) is 0.908. The van der Waals surface area contributed by atoms with Crippen LogP contribution in [0.5, 0.6) is 0 Å². The molecule has 1 N–H and O–H groups in total. The Morgan fingerprint density at radius 2 is 2.06 bits per heavy atom. The Bertz CT molecular complexity index is 645. The normalized spacial score (nSPS) is 11.5. The van der Waals surface area contributed by atoms with E-state index in [1.807, 2.05) is 0 Å². The highest BCUT2D eigenvalue weighted by Gasteiger charge is 2.19. The van der Waals surface area contributed by atoms with E-state index >= 15 is 0 Å². The van der Waals surface area contributed by atoms with Crippen molar-refractivity contribution >= 4 is 27.4 Å². The van der Waals surface area contributed by atoms with Gasteiger partial charge in [0, 0.05) is 13.2 Å². The van der Waals surface area contributed by atoms with E-state index in [9.17, 15) is 8.42 Å². The van der Waals surface area contributed by atoms with E-state index in [2.05, 4.69) is 19.7 Å². The molecule has 0 amide bonds. The van der Waals surface area contributed by atoms with Crippen LogP contribution >= 0.6 is 11.6 Å². The molecular weight excluding hydrogens is 278 g/mol. The Kier molecular flexibility index (Phi) is 3.22. The number of nitrogens with zero attached hydrogens (tertiary/aromatic N) is 4. The van der Waals surface area contributed by atoms with Gasteiger partial charge in [0.05, 0.1) is 12.4 Å². The molecule has 2 aromatic heterocycles. The summed E-state index contributed by atoms with van der Waals surface area (Å²) in [7, 11) is -2.04. The van der Waals surface area contributed by atoms with E-state index in [-0.39, 0.29) is 16.0 Å². The first-order chi connectivity index (χ1) is 8.38. The van der Waals surface area contributed by atoms with Crippen LogP contribution < -0.4 is 4.72 Å². The van der Waals surface area contributed by atoms with Crippen molar-refractivity contribution in [3.8, 4) is 0 Å². The highest BCUT2D eigenvalue weighted by atomic mass is 35.5. The summed E-state index contributed by atoms with van der Waals surface area (Å²) in [6.45, 7) is 1.71. The number of anilines is 1.